The highest BCUT2D eigenvalue weighted by atomic mass is 16.5. The van der Waals surface area contributed by atoms with E-state index in [1.165, 1.54) is 5.56 Å². The maximum absolute atomic E-state index is 12.5. The maximum Gasteiger partial charge on any atom is 0.255 e. The number of amides is 1. The highest BCUT2D eigenvalue weighted by Gasteiger charge is 2.12. The molecule has 1 fully saturated rings. The molecule has 6 nitrogen and oxygen atoms in total. The van der Waals surface area contributed by atoms with Crippen LogP contribution in [-0.4, -0.2) is 51.3 Å². The minimum Gasteiger partial charge on any atom is -0.493 e. The zero-order valence-electron chi connectivity index (χ0n) is 15.2. The molecule has 1 aliphatic rings. The third-order valence-corrected chi connectivity index (χ3v) is 4.37. The number of carbonyl (C=O) groups is 1. The number of hydrogen-bond donors (Lipinski definition) is 1. The van der Waals surface area contributed by atoms with Crippen LogP contribution in [0.15, 0.2) is 42.5 Å². The van der Waals surface area contributed by atoms with Gasteiger partial charge in [-0.25, -0.2) is 0 Å². The van der Waals surface area contributed by atoms with Crippen LogP contribution in [0.4, 0.5) is 5.69 Å². The first-order valence-electron chi connectivity index (χ1n) is 8.62. The van der Waals surface area contributed by atoms with Crippen LogP contribution in [0.5, 0.6) is 11.5 Å². The topological polar surface area (TPSA) is 60.0 Å². The highest BCUT2D eigenvalue weighted by Crippen LogP contribution is 2.27. The molecule has 0 atom stereocenters. The van der Waals surface area contributed by atoms with Crippen molar-refractivity contribution in [2.24, 2.45) is 0 Å². The molecular weight excluding hydrogens is 332 g/mol. The number of methoxy groups -OCH3 is 2. The van der Waals surface area contributed by atoms with Crippen molar-refractivity contribution in [3.63, 3.8) is 0 Å². The lowest BCUT2D eigenvalue weighted by Gasteiger charge is -2.26. The Bertz CT molecular complexity index is 740. The Morgan fingerprint density at radius 3 is 2.38 bits per heavy atom. The molecule has 2 aromatic rings. The van der Waals surface area contributed by atoms with Gasteiger partial charge in [-0.1, -0.05) is 12.1 Å². The van der Waals surface area contributed by atoms with E-state index in [4.69, 9.17) is 14.2 Å². The fraction of sp³-hybridized carbons (Fsp3) is 0.350. The standard InChI is InChI=1S/C20H24N2O4/c1-24-18-8-5-16(13-19(18)25-2)20(23)21-17-6-3-15(4-7-17)14-22-9-11-26-12-10-22/h3-8,13H,9-12,14H2,1-2H3,(H,21,23). The molecule has 0 aromatic heterocycles. The van der Waals surface area contributed by atoms with Crippen LogP contribution in [0.3, 0.4) is 0 Å². The predicted octanol–water partition coefficient (Wildman–Crippen LogP) is 2.79. The van der Waals surface area contributed by atoms with Gasteiger partial charge in [-0.15, -0.1) is 0 Å². The van der Waals surface area contributed by atoms with Gasteiger partial charge in [0.1, 0.15) is 0 Å². The fourth-order valence-corrected chi connectivity index (χ4v) is 2.89. The van der Waals surface area contributed by atoms with Crippen LogP contribution < -0.4 is 14.8 Å². The average molecular weight is 356 g/mol. The molecule has 0 radical (unpaired) electrons. The summed E-state index contributed by atoms with van der Waals surface area (Å²) in [6, 6.07) is 13.0. The number of hydrogen-bond acceptors (Lipinski definition) is 5. The normalized spacial score (nSPS) is 14.7. The molecule has 6 heteroatoms. The zero-order chi connectivity index (χ0) is 18.4. The molecule has 1 amide bonds. The summed E-state index contributed by atoms with van der Waals surface area (Å²) in [6.07, 6.45) is 0. The molecule has 0 saturated carbocycles. The number of nitrogens with zero attached hydrogens (tertiary/aromatic N) is 1. The summed E-state index contributed by atoms with van der Waals surface area (Å²) in [5, 5.41) is 2.91. The molecule has 1 saturated heterocycles. The molecule has 0 bridgehead atoms. The van der Waals surface area contributed by atoms with E-state index in [9.17, 15) is 4.79 Å². The minimum atomic E-state index is -0.188. The van der Waals surface area contributed by atoms with Crippen molar-refractivity contribution in [1.82, 2.24) is 4.90 Å². The van der Waals surface area contributed by atoms with E-state index in [1.54, 1.807) is 32.4 Å². The molecule has 1 N–H and O–H groups in total. The average Bonchev–Trinajstić information content (AvgIpc) is 2.69. The van der Waals surface area contributed by atoms with Gasteiger partial charge in [-0.05, 0) is 35.9 Å². The van der Waals surface area contributed by atoms with E-state index in [0.717, 1.165) is 38.5 Å². The van der Waals surface area contributed by atoms with Crippen molar-refractivity contribution in [1.29, 1.82) is 0 Å². The molecule has 3 rings (SSSR count). The minimum absolute atomic E-state index is 0.188. The summed E-state index contributed by atoms with van der Waals surface area (Å²) < 4.78 is 15.8. The predicted molar refractivity (Wildman–Crippen MR) is 100 cm³/mol. The second-order valence-electron chi connectivity index (χ2n) is 6.11. The van der Waals surface area contributed by atoms with Crippen LogP contribution in [0.1, 0.15) is 15.9 Å². The summed E-state index contributed by atoms with van der Waals surface area (Å²) in [5.41, 5.74) is 2.49. The molecular formula is C20H24N2O4. The van der Waals surface area contributed by atoms with Gasteiger partial charge in [-0.3, -0.25) is 9.69 Å². The Kier molecular flexibility index (Phi) is 6.09. The van der Waals surface area contributed by atoms with E-state index >= 15 is 0 Å². The van der Waals surface area contributed by atoms with Gasteiger partial charge in [-0.2, -0.15) is 0 Å². The number of anilines is 1. The van der Waals surface area contributed by atoms with Crippen LogP contribution in [-0.2, 0) is 11.3 Å². The summed E-state index contributed by atoms with van der Waals surface area (Å²) >= 11 is 0. The van der Waals surface area contributed by atoms with Gasteiger partial charge >= 0.3 is 0 Å². The number of nitrogens with one attached hydrogen (secondary N) is 1. The van der Waals surface area contributed by atoms with E-state index in [0.29, 0.717) is 17.1 Å². The maximum atomic E-state index is 12.5. The first-order valence-corrected chi connectivity index (χ1v) is 8.62. The van der Waals surface area contributed by atoms with Crippen molar-refractivity contribution in [2.45, 2.75) is 6.54 Å². The van der Waals surface area contributed by atoms with Gasteiger partial charge in [0.2, 0.25) is 0 Å². The van der Waals surface area contributed by atoms with Crippen molar-refractivity contribution in [2.75, 3.05) is 45.8 Å². The number of carbonyl (C=O) groups excluding carboxylic acids is 1. The number of ether oxygens (including phenoxy) is 3. The van der Waals surface area contributed by atoms with Crippen molar-refractivity contribution in [3.8, 4) is 11.5 Å². The molecule has 2 aromatic carbocycles. The van der Waals surface area contributed by atoms with Crippen molar-refractivity contribution < 1.29 is 19.0 Å². The lowest BCUT2D eigenvalue weighted by Crippen LogP contribution is -2.35. The monoisotopic (exact) mass is 356 g/mol. The van der Waals surface area contributed by atoms with E-state index in [-0.39, 0.29) is 5.91 Å². The summed E-state index contributed by atoms with van der Waals surface area (Å²) in [6.45, 7) is 4.39. The first kappa shape index (κ1) is 18.2. The number of morpholine rings is 1. The lowest BCUT2D eigenvalue weighted by molar-refractivity contribution is 0.0342. The molecule has 138 valence electrons. The van der Waals surface area contributed by atoms with Gasteiger partial charge in [0.15, 0.2) is 11.5 Å². The van der Waals surface area contributed by atoms with Crippen molar-refractivity contribution in [3.05, 3.63) is 53.6 Å². The molecule has 1 aliphatic heterocycles. The third-order valence-electron chi connectivity index (χ3n) is 4.37. The van der Waals surface area contributed by atoms with Gasteiger partial charge in [0.25, 0.3) is 5.91 Å². The van der Waals surface area contributed by atoms with Crippen molar-refractivity contribution >= 4 is 11.6 Å². The van der Waals surface area contributed by atoms with E-state index in [1.807, 2.05) is 24.3 Å². The second-order valence-corrected chi connectivity index (χ2v) is 6.11. The van der Waals surface area contributed by atoms with Crippen LogP contribution >= 0.6 is 0 Å². The lowest BCUT2D eigenvalue weighted by atomic mass is 10.1. The Morgan fingerprint density at radius 1 is 1.04 bits per heavy atom. The largest absolute Gasteiger partial charge is 0.493 e. The Hall–Kier alpha value is -2.57. The zero-order valence-corrected chi connectivity index (χ0v) is 15.2. The molecule has 26 heavy (non-hydrogen) atoms. The summed E-state index contributed by atoms with van der Waals surface area (Å²) in [4.78, 5) is 14.8. The third kappa shape index (κ3) is 4.53. The number of benzene rings is 2. The highest BCUT2D eigenvalue weighted by molar-refractivity contribution is 6.04. The summed E-state index contributed by atoms with van der Waals surface area (Å²) in [5.74, 6) is 0.935. The SMILES string of the molecule is COc1ccc(C(=O)Nc2ccc(CN3CCOCC3)cc2)cc1OC. The van der Waals surface area contributed by atoms with Crippen LogP contribution in [0.25, 0.3) is 0 Å². The van der Waals surface area contributed by atoms with E-state index in [2.05, 4.69) is 10.2 Å². The van der Waals surface area contributed by atoms with Gasteiger partial charge < -0.3 is 19.5 Å². The smallest absolute Gasteiger partial charge is 0.255 e. The Balaban J connectivity index is 1.62. The fourth-order valence-electron chi connectivity index (χ4n) is 2.89. The van der Waals surface area contributed by atoms with Crippen LogP contribution in [0.2, 0.25) is 0 Å². The molecule has 0 aliphatic carbocycles. The second kappa shape index (κ2) is 8.69. The first-order chi connectivity index (χ1) is 12.7. The summed E-state index contributed by atoms with van der Waals surface area (Å²) in [7, 11) is 3.11. The van der Waals surface area contributed by atoms with E-state index < -0.39 is 0 Å². The number of rotatable bonds is 6. The van der Waals surface area contributed by atoms with Gasteiger partial charge in [0.05, 0.1) is 27.4 Å². The van der Waals surface area contributed by atoms with Crippen LogP contribution in [0, 0.1) is 0 Å². The molecule has 0 spiro atoms. The Morgan fingerprint density at radius 2 is 1.73 bits per heavy atom. The van der Waals surface area contributed by atoms with Gasteiger partial charge in [0, 0.05) is 30.9 Å². The molecule has 1 heterocycles. The quantitative estimate of drug-likeness (QED) is 0.862. The molecule has 0 unspecified atom stereocenters. The Labute approximate surface area is 153 Å².